The monoisotopic (exact) mass is 285 g/mol. The highest BCUT2D eigenvalue weighted by atomic mass is 19.1. The summed E-state index contributed by atoms with van der Waals surface area (Å²) in [5.41, 5.74) is 1.96. The fourth-order valence-electron chi connectivity index (χ4n) is 2.91. The van der Waals surface area contributed by atoms with Crippen molar-refractivity contribution in [3.8, 4) is 0 Å². The maximum Gasteiger partial charge on any atom is 0.123 e. The van der Waals surface area contributed by atoms with Gasteiger partial charge in [0.05, 0.1) is 6.61 Å². The van der Waals surface area contributed by atoms with Gasteiger partial charge in [-0.25, -0.2) is 4.39 Å². The Morgan fingerprint density at radius 3 is 2.52 bits per heavy atom. The third-order valence-electron chi connectivity index (χ3n) is 4.06. The van der Waals surface area contributed by atoms with Crippen LogP contribution in [0.5, 0.6) is 0 Å². The van der Waals surface area contributed by atoms with E-state index in [2.05, 4.69) is 36.1 Å². The highest BCUT2D eigenvalue weighted by Gasteiger charge is 2.33. The summed E-state index contributed by atoms with van der Waals surface area (Å²) in [6.07, 6.45) is 0. The lowest BCUT2D eigenvalue weighted by Crippen LogP contribution is -2.47. The number of benzene rings is 2. The molecular formula is C18H20FNO. The lowest BCUT2D eigenvalue weighted by atomic mass is 9.93. The second-order valence-electron chi connectivity index (χ2n) is 5.78. The van der Waals surface area contributed by atoms with Crippen molar-refractivity contribution in [2.45, 2.75) is 19.1 Å². The van der Waals surface area contributed by atoms with E-state index in [9.17, 15) is 4.39 Å². The van der Waals surface area contributed by atoms with Gasteiger partial charge in [-0.1, -0.05) is 42.5 Å². The van der Waals surface area contributed by atoms with Crippen LogP contribution in [0.3, 0.4) is 0 Å². The maximum absolute atomic E-state index is 13.1. The van der Waals surface area contributed by atoms with Crippen molar-refractivity contribution in [2.24, 2.45) is 0 Å². The number of ether oxygens (including phenoxy) is 1. The number of halogens is 1. The number of hydrogen-bond acceptors (Lipinski definition) is 2. The molecule has 3 heteroatoms. The quantitative estimate of drug-likeness (QED) is 0.855. The molecule has 1 heterocycles. The van der Waals surface area contributed by atoms with Gasteiger partial charge >= 0.3 is 0 Å². The van der Waals surface area contributed by atoms with E-state index in [0.29, 0.717) is 6.61 Å². The fourth-order valence-corrected chi connectivity index (χ4v) is 2.91. The first-order valence-corrected chi connectivity index (χ1v) is 7.32. The zero-order valence-electron chi connectivity index (χ0n) is 12.3. The Hall–Kier alpha value is -1.71. The summed E-state index contributed by atoms with van der Waals surface area (Å²) >= 11 is 0. The summed E-state index contributed by atoms with van der Waals surface area (Å²) in [5.74, 6) is -0.209. The van der Waals surface area contributed by atoms with Gasteiger partial charge in [0, 0.05) is 19.6 Å². The van der Waals surface area contributed by atoms with Gasteiger partial charge in [-0.15, -0.1) is 0 Å². The van der Waals surface area contributed by atoms with Crippen LogP contribution in [0.25, 0.3) is 0 Å². The summed E-state index contributed by atoms with van der Waals surface area (Å²) in [6, 6.07) is 17.1. The van der Waals surface area contributed by atoms with Gasteiger partial charge < -0.3 is 4.74 Å². The van der Waals surface area contributed by atoms with E-state index in [1.54, 1.807) is 0 Å². The molecule has 1 aliphatic heterocycles. The van der Waals surface area contributed by atoms with Crippen molar-refractivity contribution < 1.29 is 9.13 Å². The highest BCUT2D eigenvalue weighted by Crippen LogP contribution is 2.30. The second kappa shape index (κ2) is 5.96. The molecule has 110 valence electrons. The molecule has 2 nitrogen and oxygen atoms in total. The molecule has 2 aromatic rings. The van der Waals surface area contributed by atoms with Crippen LogP contribution in [0.15, 0.2) is 54.6 Å². The number of hydrogen-bond donors (Lipinski definition) is 0. The van der Waals surface area contributed by atoms with Crippen molar-refractivity contribution >= 4 is 0 Å². The van der Waals surface area contributed by atoms with Crippen LogP contribution < -0.4 is 0 Å². The standard InChI is InChI=1S/C18H20FNO/c1-18(16-7-9-17(19)10-8-16)14-20(11-12-21-18)13-15-5-3-2-4-6-15/h2-10H,11-14H2,1H3. The van der Waals surface area contributed by atoms with Crippen molar-refractivity contribution in [1.82, 2.24) is 4.90 Å². The zero-order chi connectivity index (χ0) is 14.7. The van der Waals surface area contributed by atoms with Crippen LogP contribution in [0.2, 0.25) is 0 Å². The Bertz CT molecular complexity index is 584. The first kappa shape index (κ1) is 14.2. The SMILES string of the molecule is CC1(c2ccc(F)cc2)CN(Cc2ccccc2)CCO1. The minimum Gasteiger partial charge on any atom is -0.368 e. The smallest absolute Gasteiger partial charge is 0.123 e. The van der Waals surface area contributed by atoms with Gasteiger partial charge in [0.2, 0.25) is 0 Å². The number of morpholine rings is 1. The van der Waals surface area contributed by atoms with E-state index in [-0.39, 0.29) is 11.4 Å². The molecule has 1 fully saturated rings. The molecule has 0 aliphatic carbocycles. The van der Waals surface area contributed by atoms with Gasteiger partial charge in [-0.2, -0.15) is 0 Å². The molecule has 1 saturated heterocycles. The van der Waals surface area contributed by atoms with Crippen LogP contribution in [-0.4, -0.2) is 24.6 Å². The topological polar surface area (TPSA) is 12.5 Å². The van der Waals surface area contributed by atoms with E-state index < -0.39 is 0 Å². The van der Waals surface area contributed by atoms with E-state index in [0.717, 1.165) is 25.2 Å². The average molecular weight is 285 g/mol. The van der Waals surface area contributed by atoms with E-state index >= 15 is 0 Å². The Morgan fingerprint density at radius 2 is 1.81 bits per heavy atom. The minimum atomic E-state index is -0.374. The summed E-state index contributed by atoms with van der Waals surface area (Å²) in [4.78, 5) is 2.39. The Balaban J connectivity index is 1.74. The van der Waals surface area contributed by atoms with E-state index in [1.165, 1.54) is 17.7 Å². The normalized spacial score (nSPS) is 23.1. The van der Waals surface area contributed by atoms with Crippen LogP contribution in [-0.2, 0) is 16.9 Å². The second-order valence-corrected chi connectivity index (χ2v) is 5.78. The molecule has 0 spiro atoms. The van der Waals surface area contributed by atoms with E-state index in [4.69, 9.17) is 4.74 Å². The fraction of sp³-hybridized carbons (Fsp3) is 0.333. The molecule has 1 unspecified atom stereocenters. The summed E-state index contributed by atoms with van der Waals surface area (Å²) < 4.78 is 19.1. The lowest BCUT2D eigenvalue weighted by Gasteiger charge is -2.41. The summed E-state index contributed by atoms with van der Waals surface area (Å²) in [7, 11) is 0. The van der Waals surface area contributed by atoms with Crippen LogP contribution in [0.1, 0.15) is 18.1 Å². The molecule has 0 aromatic heterocycles. The highest BCUT2D eigenvalue weighted by molar-refractivity contribution is 5.24. The predicted octanol–water partition coefficient (Wildman–Crippen LogP) is 3.57. The van der Waals surface area contributed by atoms with Gasteiger partial charge in [-0.05, 0) is 30.2 Å². The largest absolute Gasteiger partial charge is 0.368 e. The van der Waals surface area contributed by atoms with Gasteiger partial charge in [0.25, 0.3) is 0 Å². The molecule has 3 rings (SSSR count). The predicted molar refractivity (Wildman–Crippen MR) is 81.4 cm³/mol. The summed E-state index contributed by atoms with van der Waals surface area (Å²) in [6.45, 7) is 5.43. The molecule has 0 radical (unpaired) electrons. The molecule has 0 N–H and O–H groups in total. The molecule has 0 bridgehead atoms. The van der Waals surface area contributed by atoms with Crippen molar-refractivity contribution in [3.63, 3.8) is 0 Å². The molecule has 21 heavy (non-hydrogen) atoms. The third kappa shape index (κ3) is 3.31. The van der Waals surface area contributed by atoms with E-state index in [1.807, 2.05) is 18.2 Å². The average Bonchev–Trinajstić information content (AvgIpc) is 2.49. The van der Waals surface area contributed by atoms with Crippen LogP contribution in [0, 0.1) is 5.82 Å². The minimum absolute atomic E-state index is 0.209. The first-order valence-electron chi connectivity index (χ1n) is 7.32. The number of nitrogens with zero attached hydrogens (tertiary/aromatic N) is 1. The molecular weight excluding hydrogens is 265 g/mol. The summed E-state index contributed by atoms with van der Waals surface area (Å²) in [5, 5.41) is 0. The van der Waals surface area contributed by atoms with Crippen molar-refractivity contribution in [3.05, 3.63) is 71.5 Å². The molecule has 0 amide bonds. The number of rotatable bonds is 3. The first-order chi connectivity index (χ1) is 10.2. The van der Waals surface area contributed by atoms with Crippen molar-refractivity contribution in [2.75, 3.05) is 19.7 Å². The maximum atomic E-state index is 13.1. The van der Waals surface area contributed by atoms with Gasteiger partial charge in [-0.3, -0.25) is 4.90 Å². The zero-order valence-corrected chi connectivity index (χ0v) is 12.3. The third-order valence-corrected chi connectivity index (χ3v) is 4.06. The molecule has 1 atom stereocenters. The van der Waals surface area contributed by atoms with Crippen molar-refractivity contribution in [1.29, 1.82) is 0 Å². The Morgan fingerprint density at radius 1 is 1.10 bits per heavy atom. The van der Waals surface area contributed by atoms with Gasteiger partial charge in [0.1, 0.15) is 11.4 Å². The molecule has 2 aromatic carbocycles. The Kier molecular flexibility index (Phi) is 4.04. The van der Waals surface area contributed by atoms with Gasteiger partial charge in [0.15, 0.2) is 0 Å². The van der Waals surface area contributed by atoms with Crippen LogP contribution in [0.4, 0.5) is 4.39 Å². The lowest BCUT2D eigenvalue weighted by molar-refractivity contribution is -0.105. The molecule has 0 saturated carbocycles. The Labute approximate surface area is 125 Å². The van der Waals surface area contributed by atoms with Crippen LogP contribution >= 0.6 is 0 Å². The molecule has 1 aliphatic rings.